The van der Waals surface area contributed by atoms with Crippen molar-refractivity contribution in [3.05, 3.63) is 28.8 Å². The highest BCUT2D eigenvalue weighted by Crippen LogP contribution is 2.38. The van der Waals surface area contributed by atoms with Gasteiger partial charge in [-0.15, -0.1) is 0 Å². The molecule has 0 aromatic heterocycles. The summed E-state index contributed by atoms with van der Waals surface area (Å²) >= 11 is 6.12. The van der Waals surface area contributed by atoms with Crippen LogP contribution in [0.2, 0.25) is 5.02 Å². The normalized spacial score (nSPS) is 11.6. The summed E-state index contributed by atoms with van der Waals surface area (Å²) in [6.07, 6.45) is 2.11. The summed E-state index contributed by atoms with van der Waals surface area (Å²) in [5, 5.41) is 4.05. The molecule has 1 N–H and O–H groups in total. The van der Waals surface area contributed by atoms with Gasteiger partial charge in [-0.2, -0.15) is 0 Å². The van der Waals surface area contributed by atoms with Gasteiger partial charge in [0.25, 0.3) is 0 Å². The van der Waals surface area contributed by atoms with Gasteiger partial charge in [-0.25, -0.2) is 0 Å². The molecule has 0 saturated carbocycles. The molecular weight excluding hydrogens is 234 g/mol. The molecule has 0 spiro atoms. The zero-order chi connectivity index (χ0) is 12.9. The molecule has 0 unspecified atom stereocenters. The Morgan fingerprint density at radius 1 is 1.29 bits per heavy atom. The Hall–Kier alpha value is -0.730. The van der Waals surface area contributed by atoms with E-state index in [4.69, 9.17) is 16.3 Å². The maximum atomic E-state index is 6.12. The van der Waals surface area contributed by atoms with Gasteiger partial charge in [0.05, 0.1) is 7.11 Å². The van der Waals surface area contributed by atoms with Gasteiger partial charge in [0, 0.05) is 22.5 Å². The zero-order valence-corrected chi connectivity index (χ0v) is 11.9. The number of likely N-dealkylation sites (N-methyl/N-ethyl adjacent to an activating group) is 1. The molecule has 0 saturated heterocycles. The summed E-state index contributed by atoms with van der Waals surface area (Å²) in [6, 6.07) is 5.86. The first kappa shape index (κ1) is 14.3. The van der Waals surface area contributed by atoms with Gasteiger partial charge < -0.3 is 10.1 Å². The van der Waals surface area contributed by atoms with Crippen molar-refractivity contribution in [2.24, 2.45) is 0 Å². The molecule has 1 aromatic rings. The van der Waals surface area contributed by atoms with Crippen molar-refractivity contribution >= 4 is 11.6 Å². The summed E-state index contributed by atoms with van der Waals surface area (Å²) < 4.78 is 5.47. The smallest absolute Gasteiger partial charge is 0.122 e. The number of hydrogen-bond donors (Lipinski definition) is 1. The van der Waals surface area contributed by atoms with E-state index in [0.29, 0.717) is 0 Å². The van der Waals surface area contributed by atoms with Crippen LogP contribution in [0.15, 0.2) is 18.2 Å². The topological polar surface area (TPSA) is 21.3 Å². The lowest BCUT2D eigenvalue weighted by Gasteiger charge is -2.33. The molecule has 2 nitrogen and oxygen atoms in total. The molecule has 0 bridgehead atoms. The Morgan fingerprint density at radius 3 is 2.41 bits per heavy atom. The number of nitrogens with one attached hydrogen (secondary N) is 1. The van der Waals surface area contributed by atoms with Crippen molar-refractivity contribution in [1.82, 2.24) is 5.32 Å². The fraction of sp³-hybridized carbons (Fsp3) is 0.571. The van der Waals surface area contributed by atoms with Gasteiger partial charge in [-0.3, -0.25) is 0 Å². The van der Waals surface area contributed by atoms with E-state index < -0.39 is 0 Å². The third-order valence-corrected chi connectivity index (χ3v) is 3.84. The average molecular weight is 256 g/mol. The molecule has 1 rings (SSSR count). The lowest BCUT2D eigenvalue weighted by molar-refractivity contribution is 0.346. The Kier molecular flexibility index (Phi) is 5.29. The third kappa shape index (κ3) is 2.93. The van der Waals surface area contributed by atoms with Crippen molar-refractivity contribution < 1.29 is 4.74 Å². The van der Waals surface area contributed by atoms with Crippen molar-refractivity contribution in [2.75, 3.05) is 20.7 Å². The molecule has 0 heterocycles. The minimum absolute atomic E-state index is 0.0883. The lowest BCUT2D eigenvalue weighted by Crippen LogP contribution is -2.36. The van der Waals surface area contributed by atoms with Crippen molar-refractivity contribution in [3.63, 3.8) is 0 Å². The van der Waals surface area contributed by atoms with Crippen LogP contribution in [0, 0.1) is 0 Å². The molecule has 0 atom stereocenters. The molecule has 0 aliphatic carbocycles. The van der Waals surface area contributed by atoms with E-state index in [1.165, 1.54) is 5.56 Å². The number of methoxy groups -OCH3 is 1. The minimum atomic E-state index is 0.0883. The van der Waals surface area contributed by atoms with Crippen molar-refractivity contribution in [2.45, 2.75) is 32.1 Å². The summed E-state index contributed by atoms with van der Waals surface area (Å²) in [5.74, 6) is 0.924. The second kappa shape index (κ2) is 6.27. The van der Waals surface area contributed by atoms with E-state index in [0.717, 1.165) is 30.2 Å². The fourth-order valence-corrected chi connectivity index (χ4v) is 2.58. The first-order valence-electron chi connectivity index (χ1n) is 6.12. The zero-order valence-electron chi connectivity index (χ0n) is 11.1. The standard InChI is InChI=1S/C14H22ClNO/c1-5-14(6-2,10-16-3)12-9-11(15)7-8-13(12)17-4/h7-9,16H,5-6,10H2,1-4H3. The first-order valence-corrected chi connectivity index (χ1v) is 6.50. The number of rotatable bonds is 6. The SMILES string of the molecule is CCC(CC)(CNC)c1cc(Cl)ccc1OC. The van der Waals surface area contributed by atoms with Gasteiger partial charge in [0.2, 0.25) is 0 Å². The molecule has 0 amide bonds. The lowest BCUT2D eigenvalue weighted by atomic mass is 9.75. The van der Waals surface area contributed by atoms with E-state index in [2.05, 4.69) is 19.2 Å². The van der Waals surface area contributed by atoms with Gasteiger partial charge in [0.15, 0.2) is 0 Å². The maximum absolute atomic E-state index is 6.12. The highest BCUT2D eigenvalue weighted by molar-refractivity contribution is 6.30. The molecule has 3 heteroatoms. The number of benzene rings is 1. The highest BCUT2D eigenvalue weighted by Gasteiger charge is 2.30. The molecule has 1 aromatic carbocycles. The number of halogens is 1. The van der Waals surface area contributed by atoms with Crippen LogP contribution >= 0.6 is 11.6 Å². The minimum Gasteiger partial charge on any atom is -0.496 e. The quantitative estimate of drug-likeness (QED) is 0.838. The molecule has 0 radical (unpaired) electrons. The fourth-order valence-electron chi connectivity index (χ4n) is 2.41. The summed E-state index contributed by atoms with van der Waals surface area (Å²) in [5.41, 5.74) is 1.29. The third-order valence-electron chi connectivity index (χ3n) is 3.60. The van der Waals surface area contributed by atoms with E-state index in [1.807, 2.05) is 25.2 Å². The second-order valence-electron chi connectivity index (χ2n) is 4.36. The molecule has 0 aliphatic heterocycles. The molecule has 0 fully saturated rings. The molecular formula is C14H22ClNO. The highest BCUT2D eigenvalue weighted by atomic mass is 35.5. The molecule has 96 valence electrons. The van der Waals surface area contributed by atoms with E-state index >= 15 is 0 Å². The molecule has 0 aliphatic rings. The monoisotopic (exact) mass is 255 g/mol. The van der Waals surface area contributed by atoms with Crippen LogP contribution in [0.5, 0.6) is 5.75 Å². The Labute approximate surface area is 109 Å². The Balaban J connectivity index is 3.29. The van der Waals surface area contributed by atoms with Crippen molar-refractivity contribution in [3.8, 4) is 5.75 Å². The van der Waals surface area contributed by atoms with E-state index in [1.54, 1.807) is 7.11 Å². The van der Waals surface area contributed by atoms with Gasteiger partial charge in [0.1, 0.15) is 5.75 Å². The maximum Gasteiger partial charge on any atom is 0.122 e. The van der Waals surface area contributed by atoms with Gasteiger partial charge in [-0.05, 0) is 38.1 Å². The van der Waals surface area contributed by atoms with E-state index in [9.17, 15) is 0 Å². The van der Waals surface area contributed by atoms with Crippen LogP contribution in [0.1, 0.15) is 32.3 Å². The predicted octanol–water partition coefficient (Wildman–Crippen LogP) is 3.63. The number of hydrogen-bond acceptors (Lipinski definition) is 2. The summed E-state index contributed by atoms with van der Waals surface area (Å²) in [6.45, 7) is 5.35. The van der Waals surface area contributed by atoms with Crippen LogP contribution in [-0.4, -0.2) is 20.7 Å². The predicted molar refractivity (Wildman–Crippen MR) is 74.2 cm³/mol. The summed E-state index contributed by atoms with van der Waals surface area (Å²) in [4.78, 5) is 0. The largest absolute Gasteiger partial charge is 0.496 e. The number of ether oxygens (including phenoxy) is 1. The second-order valence-corrected chi connectivity index (χ2v) is 4.80. The average Bonchev–Trinajstić information content (AvgIpc) is 2.36. The van der Waals surface area contributed by atoms with Crippen LogP contribution in [0.25, 0.3) is 0 Å². The molecule has 17 heavy (non-hydrogen) atoms. The van der Waals surface area contributed by atoms with E-state index in [-0.39, 0.29) is 5.41 Å². The Morgan fingerprint density at radius 2 is 1.94 bits per heavy atom. The first-order chi connectivity index (χ1) is 8.13. The van der Waals surface area contributed by atoms with Crippen LogP contribution < -0.4 is 10.1 Å². The van der Waals surface area contributed by atoms with Crippen molar-refractivity contribution in [1.29, 1.82) is 0 Å². The van der Waals surface area contributed by atoms with Crippen LogP contribution in [0.3, 0.4) is 0 Å². The van der Waals surface area contributed by atoms with Gasteiger partial charge in [-0.1, -0.05) is 25.4 Å². The van der Waals surface area contributed by atoms with Gasteiger partial charge >= 0.3 is 0 Å². The van der Waals surface area contributed by atoms with Crippen LogP contribution in [-0.2, 0) is 5.41 Å². The Bertz CT molecular complexity index is 361. The summed E-state index contributed by atoms with van der Waals surface area (Å²) in [7, 11) is 3.69. The van der Waals surface area contributed by atoms with Crippen LogP contribution in [0.4, 0.5) is 0 Å².